The van der Waals surface area contributed by atoms with Crippen LogP contribution in [-0.2, 0) is 19.1 Å². The fourth-order valence-electron chi connectivity index (χ4n) is 2.87. The van der Waals surface area contributed by atoms with Gasteiger partial charge in [-0.2, -0.15) is 0 Å². The number of morpholine rings is 1. The Morgan fingerprint density at radius 3 is 2.60 bits per heavy atom. The number of ether oxygens (including phenoxy) is 2. The molecule has 1 amide bonds. The van der Waals surface area contributed by atoms with Crippen LogP contribution in [0.25, 0.3) is 0 Å². The number of amides is 1. The minimum Gasteiger partial charge on any atom is -0.479 e. The predicted molar refractivity (Wildman–Crippen MR) is 71.3 cm³/mol. The second-order valence-corrected chi connectivity index (χ2v) is 5.92. The summed E-state index contributed by atoms with van der Waals surface area (Å²) in [5.41, 5.74) is 0. The highest BCUT2D eigenvalue weighted by Gasteiger charge is 2.39. The molecule has 3 atom stereocenters. The smallest absolute Gasteiger partial charge is 0.332 e. The van der Waals surface area contributed by atoms with E-state index in [2.05, 4.69) is 13.8 Å². The summed E-state index contributed by atoms with van der Waals surface area (Å²) in [6.07, 6.45) is 0.338. The summed E-state index contributed by atoms with van der Waals surface area (Å²) < 4.78 is 10.8. The van der Waals surface area contributed by atoms with Crippen LogP contribution in [0, 0.1) is 5.92 Å². The third kappa shape index (κ3) is 3.49. The molecular weight excluding hydrogens is 262 g/mol. The van der Waals surface area contributed by atoms with Crippen molar-refractivity contribution in [3.63, 3.8) is 0 Å². The Bertz CT molecular complexity index is 371. The lowest BCUT2D eigenvalue weighted by atomic mass is 10.0. The van der Waals surface area contributed by atoms with Crippen molar-refractivity contribution in [2.45, 2.75) is 51.4 Å². The molecule has 1 unspecified atom stereocenters. The largest absolute Gasteiger partial charge is 0.479 e. The Morgan fingerprint density at radius 1 is 1.30 bits per heavy atom. The average Bonchev–Trinajstić information content (AvgIpc) is 2.87. The first kappa shape index (κ1) is 15.3. The summed E-state index contributed by atoms with van der Waals surface area (Å²) in [4.78, 5) is 25.2. The standard InChI is InChI=1S/C14H23NO5/c1-9(2)7-10-8-19-6-5-15(10)13(16)11-3-4-12(20-11)14(17)18/h9-12H,3-8H2,1-2H3,(H,17,18)/t10?,11-,12+/m0/s1. The molecule has 0 aliphatic carbocycles. The average molecular weight is 285 g/mol. The second-order valence-electron chi connectivity index (χ2n) is 5.92. The second kappa shape index (κ2) is 6.54. The van der Waals surface area contributed by atoms with Gasteiger partial charge in [-0.05, 0) is 25.2 Å². The molecule has 6 nitrogen and oxygen atoms in total. The van der Waals surface area contributed by atoms with E-state index in [0.29, 0.717) is 38.5 Å². The maximum atomic E-state index is 12.5. The number of carbonyl (C=O) groups excluding carboxylic acids is 1. The van der Waals surface area contributed by atoms with E-state index in [1.807, 2.05) is 4.90 Å². The molecule has 2 aliphatic heterocycles. The Morgan fingerprint density at radius 2 is 2.00 bits per heavy atom. The molecule has 20 heavy (non-hydrogen) atoms. The molecular formula is C14H23NO5. The minimum atomic E-state index is -0.985. The first-order chi connectivity index (χ1) is 9.49. The highest BCUT2D eigenvalue weighted by molar-refractivity contribution is 5.83. The topological polar surface area (TPSA) is 76.1 Å². The molecule has 0 spiro atoms. The molecule has 0 aromatic carbocycles. The van der Waals surface area contributed by atoms with E-state index in [0.717, 1.165) is 6.42 Å². The zero-order valence-electron chi connectivity index (χ0n) is 12.1. The SMILES string of the molecule is CC(C)CC1COCCN1C(=O)[C@@H]1CC[C@H](C(=O)O)O1. The number of aliphatic carboxylic acids is 1. The van der Waals surface area contributed by atoms with Crippen LogP contribution in [0.4, 0.5) is 0 Å². The molecule has 0 radical (unpaired) electrons. The van der Waals surface area contributed by atoms with Crippen LogP contribution in [0.15, 0.2) is 0 Å². The van der Waals surface area contributed by atoms with Crippen molar-refractivity contribution in [1.82, 2.24) is 4.90 Å². The molecule has 2 rings (SSSR count). The van der Waals surface area contributed by atoms with Crippen molar-refractivity contribution in [3.8, 4) is 0 Å². The highest BCUT2D eigenvalue weighted by atomic mass is 16.5. The van der Waals surface area contributed by atoms with E-state index < -0.39 is 18.2 Å². The number of nitrogens with zero attached hydrogens (tertiary/aromatic N) is 1. The van der Waals surface area contributed by atoms with Gasteiger partial charge in [0.05, 0.1) is 19.3 Å². The lowest BCUT2D eigenvalue weighted by Crippen LogP contribution is -2.52. The molecule has 1 N–H and O–H groups in total. The number of rotatable bonds is 4. The van der Waals surface area contributed by atoms with E-state index in [-0.39, 0.29) is 11.9 Å². The zero-order valence-corrected chi connectivity index (χ0v) is 12.1. The van der Waals surface area contributed by atoms with Crippen molar-refractivity contribution in [3.05, 3.63) is 0 Å². The van der Waals surface area contributed by atoms with Crippen LogP contribution < -0.4 is 0 Å². The molecule has 0 saturated carbocycles. The number of hydrogen-bond donors (Lipinski definition) is 1. The quantitative estimate of drug-likeness (QED) is 0.830. The molecule has 2 fully saturated rings. The van der Waals surface area contributed by atoms with Gasteiger partial charge in [0.25, 0.3) is 5.91 Å². The molecule has 2 saturated heterocycles. The van der Waals surface area contributed by atoms with Crippen LogP contribution in [0.2, 0.25) is 0 Å². The number of carboxylic acids is 1. The van der Waals surface area contributed by atoms with E-state index in [9.17, 15) is 9.59 Å². The maximum absolute atomic E-state index is 12.5. The van der Waals surface area contributed by atoms with Gasteiger partial charge in [-0.1, -0.05) is 13.8 Å². The first-order valence-corrected chi connectivity index (χ1v) is 7.25. The van der Waals surface area contributed by atoms with Gasteiger partial charge in [0, 0.05) is 6.54 Å². The van der Waals surface area contributed by atoms with Gasteiger partial charge >= 0.3 is 5.97 Å². The highest BCUT2D eigenvalue weighted by Crippen LogP contribution is 2.24. The minimum absolute atomic E-state index is 0.0729. The van der Waals surface area contributed by atoms with Gasteiger partial charge in [-0.25, -0.2) is 4.79 Å². The van der Waals surface area contributed by atoms with Gasteiger partial charge in [-0.3, -0.25) is 4.79 Å². The Hall–Kier alpha value is -1.14. The summed E-state index contributed by atoms with van der Waals surface area (Å²) in [5.74, 6) is -0.586. The summed E-state index contributed by atoms with van der Waals surface area (Å²) in [6, 6.07) is 0.0729. The van der Waals surface area contributed by atoms with Gasteiger partial charge in [0.15, 0.2) is 6.10 Å². The van der Waals surface area contributed by atoms with Crippen LogP contribution in [0.3, 0.4) is 0 Å². The summed E-state index contributed by atoms with van der Waals surface area (Å²) in [7, 11) is 0. The van der Waals surface area contributed by atoms with Gasteiger partial charge in [0.2, 0.25) is 0 Å². The van der Waals surface area contributed by atoms with Gasteiger partial charge < -0.3 is 19.5 Å². The van der Waals surface area contributed by atoms with Crippen molar-refractivity contribution in [1.29, 1.82) is 0 Å². The normalized spacial score (nSPS) is 30.8. The van der Waals surface area contributed by atoms with E-state index in [1.54, 1.807) is 0 Å². The Labute approximate surface area is 119 Å². The van der Waals surface area contributed by atoms with Crippen LogP contribution >= 0.6 is 0 Å². The Balaban J connectivity index is 1.97. The number of carbonyl (C=O) groups is 2. The van der Waals surface area contributed by atoms with Crippen molar-refractivity contribution >= 4 is 11.9 Å². The molecule has 0 aromatic heterocycles. The fraction of sp³-hybridized carbons (Fsp3) is 0.857. The molecule has 0 bridgehead atoms. The van der Waals surface area contributed by atoms with Crippen LogP contribution in [0.1, 0.15) is 33.1 Å². The number of carboxylic acid groups (broad SMARTS) is 1. The van der Waals surface area contributed by atoms with E-state index in [1.165, 1.54) is 0 Å². The third-order valence-electron chi connectivity index (χ3n) is 3.82. The molecule has 2 aliphatic rings. The van der Waals surface area contributed by atoms with E-state index in [4.69, 9.17) is 14.6 Å². The summed E-state index contributed by atoms with van der Waals surface area (Å²) in [6.45, 7) is 5.88. The predicted octanol–water partition coefficient (Wildman–Crippen LogP) is 0.892. The van der Waals surface area contributed by atoms with Gasteiger partial charge in [-0.15, -0.1) is 0 Å². The molecule has 0 aromatic rings. The van der Waals surface area contributed by atoms with Crippen LogP contribution in [0.5, 0.6) is 0 Å². The summed E-state index contributed by atoms with van der Waals surface area (Å²) in [5, 5.41) is 8.92. The monoisotopic (exact) mass is 285 g/mol. The first-order valence-electron chi connectivity index (χ1n) is 7.25. The summed E-state index contributed by atoms with van der Waals surface area (Å²) >= 11 is 0. The van der Waals surface area contributed by atoms with Gasteiger partial charge in [0.1, 0.15) is 6.10 Å². The molecule has 6 heteroatoms. The molecule has 2 heterocycles. The lowest BCUT2D eigenvalue weighted by molar-refractivity contribution is -0.159. The van der Waals surface area contributed by atoms with Crippen molar-refractivity contribution in [2.75, 3.05) is 19.8 Å². The van der Waals surface area contributed by atoms with Crippen LogP contribution in [-0.4, -0.2) is 59.9 Å². The maximum Gasteiger partial charge on any atom is 0.332 e. The lowest BCUT2D eigenvalue weighted by Gasteiger charge is -2.37. The van der Waals surface area contributed by atoms with E-state index >= 15 is 0 Å². The number of hydrogen-bond acceptors (Lipinski definition) is 4. The van der Waals surface area contributed by atoms with Crippen molar-refractivity contribution < 1.29 is 24.2 Å². The van der Waals surface area contributed by atoms with Crippen molar-refractivity contribution in [2.24, 2.45) is 5.92 Å². The zero-order chi connectivity index (χ0) is 14.7. The third-order valence-corrected chi connectivity index (χ3v) is 3.82. The Kier molecular flexibility index (Phi) is 4.99. The molecule has 114 valence electrons. The fourth-order valence-corrected chi connectivity index (χ4v) is 2.87.